The number of nitrogens with zero attached hydrogens (tertiary/aromatic N) is 2. The Hall–Kier alpha value is -3.35. The van der Waals surface area contributed by atoms with Crippen LogP contribution in [0.5, 0.6) is 5.75 Å². The van der Waals surface area contributed by atoms with Crippen molar-refractivity contribution in [2.45, 2.75) is 12.1 Å². The third-order valence-corrected chi connectivity index (χ3v) is 5.67. The third kappa shape index (κ3) is 2.93. The Morgan fingerprint density at radius 3 is 2.27 bits per heavy atom. The fourth-order valence-corrected chi connectivity index (χ4v) is 4.23. The lowest BCUT2D eigenvalue weighted by Crippen LogP contribution is -2.37. The quantitative estimate of drug-likeness (QED) is 0.646. The minimum absolute atomic E-state index is 0.0790. The second-order valence-corrected chi connectivity index (χ2v) is 7.68. The van der Waals surface area contributed by atoms with E-state index in [1.165, 1.54) is 0 Å². The van der Waals surface area contributed by atoms with Crippen molar-refractivity contribution in [2.75, 3.05) is 9.96 Å². The first-order valence-electron chi connectivity index (χ1n) is 9.48. The number of hydroxylamine groups is 1. The molecule has 0 unspecified atom stereocenters. The molecule has 3 atom stereocenters. The summed E-state index contributed by atoms with van der Waals surface area (Å²) in [5, 5.41) is 12.1. The number of fused-ring (bicyclic) bond motifs is 1. The lowest BCUT2D eigenvalue weighted by atomic mass is 9.90. The number of phenols is 1. The van der Waals surface area contributed by atoms with Crippen LogP contribution in [0.1, 0.15) is 11.6 Å². The zero-order valence-corrected chi connectivity index (χ0v) is 16.4. The summed E-state index contributed by atoms with van der Waals surface area (Å²) in [4.78, 5) is 33.8. The molecule has 2 amide bonds. The Labute approximate surface area is 177 Å². The standard InChI is InChI=1S/C23H17ClN2O4/c24-15-9-11-16(12-10-15)25-22(28)19-20(14-5-4-8-18(27)13-14)26(30-21(19)23(25)29)17-6-2-1-3-7-17/h1-13,19-21,27H/t19-,20-,21-/m0/s1. The van der Waals surface area contributed by atoms with Crippen LogP contribution in [0.2, 0.25) is 5.02 Å². The van der Waals surface area contributed by atoms with Crippen LogP contribution in [0.15, 0.2) is 78.9 Å². The number of benzene rings is 3. The Morgan fingerprint density at radius 2 is 1.57 bits per heavy atom. The summed E-state index contributed by atoms with van der Waals surface area (Å²) < 4.78 is 0. The van der Waals surface area contributed by atoms with Gasteiger partial charge in [0.05, 0.1) is 17.4 Å². The van der Waals surface area contributed by atoms with Gasteiger partial charge in [0.15, 0.2) is 6.10 Å². The average molecular weight is 421 g/mol. The number of amides is 2. The molecule has 2 saturated heterocycles. The first-order valence-corrected chi connectivity index (χ1v) is 9.86. The smallest absolute Gasteiger partial charge is 0.266 e. The van der Waals surface area contributed by atoms with Crippen LogP contribution in [0.25, 0.3) is 0 Å². The van der Waals surface area contributed by atoms with Crippen LogP contribution >= 0.6 is 11.6 Å². The molecule has 2 fully saturated rings. The molecule has 2 aliphatic heterocycles. The Balaban J connectivity index is 1.59. The number of carbonyl (C=O) groups is 2. The Morgan fingerprint density at radius 1 is 0.833 bits per heavy atom. The first kappa shape index (κ1) is 18.7. The van der Waals surface area contributed by atoms with E-state index in [2.05, 4.69) is 0 Å². The maximum Gasteiger partial charge on any atom is 0.266 e. The van der Waals surface area contributed by atoms with Crippen LogP contribution in [0.3, 0.4) is 0 Å². The summed E-state index contributed by atoms with van der Waals surface area (Å²) in [6.07, 6.45) is -0.958. The SMILES string of the molecule is O=C1[C@@H]2[C@H](ON(c3ccccc3)[C@H]2c2cccc(O)c2)C(=O)N1c1ccc(Cl)cc1. The number of hydrogen-bond donors (Lipinski definition) is 1. The monoisotopic (exact) mass is 420 g/mol. The van der Waals surface area contributed by atoms with Gasteiger partial charge >= 0.3 is 0 Å². The van der Waals surface area contributed by atoms with E-state index < -0.39 is 24.0 Å². The topological polar surface area (TPSA) is 70.1 Å². The minimum atomic E-state index is -0.958. The number of anilines is 2. The van der Waals surface area contributed by atoms with Crippen LogP contribution in [-0.4, -0.2) is 23.0 Å². The van der Waals surface area contributed by atoms with Gasteiger partial charge in [0.1, 0.15) is 11.7 Å². The fraction of sp³-hybridized carbons (Fsp3) is 0.130. The number of imide groups is 1. The lowest BCUT2D eigenvalue weighted by Gasteiger charge is -2.28. The molecule has 30 heavy (non-hydrogen) atoms. The summed E-state index contributed by atoms with van der Waals surface area (Å²) in [7, 11) is 0. The van der Waals surface area contributed by atoms with E-state index in [4.69, 9.17) is 16.4 Å². The molecule has 2 aliphatic rings. The number of halogens is 1. The van der Waals surface area contributed by atoms with Gasteiger partial charge in [-0.25, -0.2) is 9.96 Å². The van der Waals surface area contributed by atoms with Crippen molar-refractivity contribution in [1.29, 1.82) is 0 Å². The molecule has 2 heterocycles. The largest absolute Gasteiger partial charge is 0.508 e. The van der Waals surface area contributed by atoms with Crippen molar-refractivity contribution in [1.82, 2.24) is 0 Å². The highest BCUT2D eigenvalue weighted by atomic mass is 35.5. The highest BCUT2D eigenvalue weighted by molar-refractivity contribution is 6.31. The van der Waals surface area contributed by atoms with Crippen LogP contribution in [0, 0.1) is 5.92 Å². The molecule has 7 heteroatoms. The van der Waals surface area contributed by atoms with Crippen LogP contribution in [-0.2, 0) is 14.4 Å². The molecule has 150 valence electrons. The zero-order chi connectivity index (χ0) is 20.8. The average Bonchev–Trinajstić information content (AvgIpc) is 3.26. The molecule has 6 nitrogen and oxygen atoms in total. The van der Waals surface area contributed by atoms with Crippen molar-refractivity contribution in [3.63, 3.8) is 0 Å². The van der Waals surface area contributed by atoms with E-state index in [0.717, 1.165) is 10.6 Å². The lowest BCUT2D eigenvalue weighted by molar-refractivity contribution is -0.126. The van der Waals surface area contributed by atoms with Crippen molar-refractivity contribution in [3.05, 3.63) is 89.4 Å². The van der Waals surface area contributed by atoms with E-state index >= 15 is 0 Å². The number of hydrogen-bond acceptors (Lipinski definition) is 5. The highest BCUT2D eigenvalue weighted by Gasteiger charge is 2.60. The van der Waals surface area contributed by atoms with Gasteiger partial charge in [-0.1, -0.05) is 41.9 Å². The molecule has 0 radical (unpaired) electrons. The molecule has 0 aromatic heterocycles. The van der Waals surface area contributed by atoms with E-state index in [0.29, 0.717) is 16.3 Å². The second-order valence-electron chi connectivity index (χ2n) is 7.24. The van der Waals surface area contributed by atoms with Crippen molar-refractivity contribution < 1.29 is 19.5 Å². The molecule has 0 aliphatic carbocycles. The highest BCUT2D eigenvalue weighted by Crippen LogP contribution is 2.47. The van der Waals surface area contributed by atoms with E-state index in [1.807, 2.05) is 36.4 Å². The van der Waals surface area contributed by atoms with Gasteiger partial charge in [-0.15, -0.1) is 0 Å². The van der Waals surface area contributed by atoms with E-state index in [9.17, 15) is 14.7 Å². The van der Waals surface area contributed by atoms with Gasteiger partial charge in [0.2, 0.25) is 5.91 Å². The van der Waals surface area contributed by atoms with Crippen LogP contribution < -0.4 is 9.96 Å². The number of para-hydroxylation sites is 1. The fourth-order valence-electron chi connectivity index (χ4n) is 4.11. The molecule has 3 aromatic rings. The molecular formula is C23H17ClN2O4. The summed E-state index contributed by atoms with van der Waals surface area (Å²) in [6.45, 7) is 0. The third-order valence-electron chi connectivity index (χ3n) is 5.42. The Bertz CT molecular complexity index is 1120. The van der Waals surface area contributed by atoms with Crippen molar-refractivity contribution in [2.24, 2.45) is 5.92 Å². The molecular weight excluding hydrogens is 404 g/mol. The Kier molecular flexibility index (Phi) is 4.46. The van der Waals surface area contributed by atoms with Gasteiger partial charge in [-0.3, -0.25) is 14.4 Å². The van der Waals surface area contributed by atoms with E-state index in [-0.39, 0.29) is 11.7 Å². The predicted octanol–water partition coefficient (Wildman–Crippen LogP) is 4.10. The predicted molar refractivity (Wildman–Crippen MR) is 112 cm³/mol. The van der Waals surface area contributed by atoms with E-state index in [1.54, 1.807) is 47.5 Å². The van der Waals surface area contributed by atoms with Crippen molar-refractivity contribution in [3.8, 4) is 5.75 Å². The summed E-state index contributed by atoms with van der Waals surface area (Å²) in [6, 6.07) is 21.9. The molecule has 5 rings (SSSR count). The molecule has 0 bridgehead atoms. The molecule has 0 saturated carbocycles. The molecule has 0 spiro atoms. The van der Waals surface area contributed by atoms with Gasteiger partial charge in [0.25, 0.3) is 5.91 Å². The van der Waals surface area contributed by atoms with Gasteiger partial charge in [-0.2, -0.15) is 0 Å². The minimum Gasteiger partial charge on any atom is -0.508 e. The number of carbonyl (C=O) groups excluding carboxylic acids is 2. The molecule has 1 N–H and O–H groups in total. The number of phenolic OH excluding ortho intramolecular Hbond substituents is 1. The summed E-state index contributed by atoms with van der Waals surface area (Å²) in [5.74, 6) is -1.44. The second kappa shape index (κ2) is 7.16. The first-order chi connectivity index (χ1) is 14.5. The summed E-state index contributed by atoms with van der Waals surface area (Å²) in [5.41, 5.74) is 1.86. The normalized spacial score (nSPS) is 23.2. The number of aromatic hydroxyl groups is 1. The summed E-state index contributed by atoms with van der Waals surface area (Å²) >= 11 is 5.95. The van der Waals surface area contributed by atoms with Crippen molar-refractivity contribution >= 4 is 34.8 Å². The maximum absolute atomic E-state index is 13.4. The molecule has 3 aromatic carbocycles. The van der Waals surface area contributed by atoms with Crippen LogP contribution in [0.4, 0.5) is 11.4 Å². The van der Waals surface area contributed by atoms with Gasteiger partial charge < -0.3 is 5.11 Å². The zero-order valence-electron chi connectivity index (χ0n) is 15.7. The van der Waals surface area contributed by atoms with Gasteiger partial charge in [0, 0.05) is 5.02 Å². The number of rotatable bonds is 3. The maximum atomic E-state index is 13.4. The van der Waals surface area contributed by atoms with Gasteiger partial charge in [-0.05, 0) is 54.1 Å².